The molecule has 1 aromatic heterocycles. The highest BCUT2D eigenvalue weighted by atomic mass is 35.5. The minimum Gasteiger partial charge on any atom is -0.392 e. The molecule has 0 aliphatic heterocycles. The smallest absolute Gasteiger partial charge is 0.0891 e. The normalized spacial score (nSPS) is 10.6. The zero-order valence-corrected chi connectivity index (χ0v) is 7.62. The van der Waals surface area contributed by atoms with E-state index in [0.29, 0.717) is 5.02 Å². The summed E-state index contributed by atoms with van der Waals surface area (Å²) in [5.41, 5.74) is 1.60. The summed E-state index contributed by atoms with van der Waals surface area (Å²) < 4.78 is 0. The highest BCUT2D eigenvalue weighted by Gasteiger charge is 2.02. The molecule has 1 aromatic carbocycles. The standard InChI is InChI=1S/C10H8ClNO/c11-9-3-1-2-8-7(6-13)4-5-12-10(8)9/h1-5,13H,6H2. The van der Waals surface area contributed by atoms with Crippen molar-refractivity contribution in [2.75, 3.05) is 0 Å². The van der Waals surface area contributed by atoms with Crippen LogP contribution in [0.1, 0.15) is 5.56 Å². The van der Waals surface area contributed by atoms with Crippen molar-refractivity contribution in [1.29, 1.82) is 0 Å². The number of nitrogens with zero attached hydrogens (tertiary/aromatic N) is 1. The minimum absolute atomic E-state index is 0.0133. The van der Waals surface area contributed by atoms with E-state index >= 15 is 0 Å². The Morgan fingerprint density at radius 3 is 2.92 bits per heavy atom. The van der Waals surface area contributed by atoms with E-state index in [2.05, 4.69) is 4.98 Å². The molecular formula is C10H8ClNO. The molecule has 0 aliphatic rings. The molecule has 13 heavy (non-hydrogen) atoms. The van der Waals surface area contributed by atoms with Crippen LogP contribution >= 0.6 is 11.6 Å². The van der Waals surface area contributed by atoms with Crippen LogP contribution in [0.15, 0.2) is 30.5 Å². The van der Waals surface area contributed by atoms with E-state index < -0.39 is 0 Å². The number of hydrogen-bond donors (Lipinski definition) is 1. The van der Waals surface area contributed by atoms with E-state index in [-0.39, 0.29) is 6.61 Å². The van der Waals surface area contributed by atoms with E-state index in [1.165, 1.54) is 0 Å². The summed E-state index contributed by atoms with van der Waals surface area (Å²) in [7, 11) is 0. The van der Waals surface area contributed by atoms with Crippen molar-refractivity contribution < 1.29 is 5.11 Å². The second-order valence-corrected chi connectivity index (χ2v) is 3.17. The molecule has 2 aromatic rings. The topological polar surface area (TPSA) is 33.1 Å². The first-order chi connectivity index (χ1) is 6.33. The molecule has 0 saturated heterocycles. The molecule has 0 radical (unpaired) electrons. The minimum atomic E-state index is 0.0133. The second-order valence-electron chi connectivity index (χ2n) is 2.76. The van der Waals surface area contributed by atoms with Crippen molar-refractivity contribution >= 4 is 22.5 Å². The molecule has 0 aliphatic carbocycles. The Bertz CT molecular complexity index is 442. The highest BCUT2D eigenvalue weighted by Crippen LogP contribution is 2.23. The Morgan fingerprint density at radius 1 is 1.31 bits per heavy atom. The summed E-state index contributed by atoms with van der Waals surface area (Å²) in [6.07, 6.45) is 1.65. The summed E-state index contributed by atoms with van der Waals surface area (Å²) in [5, 5.41) is 10.6. The molecule has 0 amide bonds. The van der Waals surface area contributed by atoms with Gasteiger partial charge in [-0.05, 0) is 17.7 Å². The number of aromatic nitrogens is 1. The van der Waals surface area contributed by atoms with Gasteiger partial charge in [0.2, 0.25) is 0 Å². The number of fused-ring (bicyclic) bond motifs is 1. The lowest BCUT2D eigenvalue weighted by molar-refractivity contribution is 0.283. The van der Waals surface area contributed by atoms with Crippen LogP contribution in [0.5, 0.6) is 0 Å². The summed E-state index contributed by atoms with van der Waals surface area (Å²) in [4.78, 5) is 4.15. The molecule has 2 rings (SSSR count). The van der Waals surface area contributed by atoms with Gasteiger partial charge in [0.15, 0.2) is 0 Å². The lowest BCUT2D eigenvalue weighted by Gasteiger charge is -2.03. The average Bonchev–Trinajstić information content (AvgIpc) is 2.18. The second kappa shape index (κ2) is 3.32. The van der Waals surface area contributed by atoms with Gasteiger partial charge < -0.3 is 5.11 Å². The number of pyridine rings is 1. The van der Waals surface area contributed by atoms with Crippen LogP contribution in [0.2, 0.25) is 5.02 Å². The quantitative estimate of drug-likeness (QED) is 0.755. The maximum Gasteiger partial charge on any atom is 0.0891 e. The van der Waals surface area contributed by atoms with Crippen LogP contribution < -0.4 is 0 Å². The number of rotatable bonds is 1. The maximum atomic E-state index is 9.06. The van der Waals surface area contributed by atoms with Crippen molar-refractivity contribution in [2.45, 2.75) is 6.61 Å². The number of aliphatic hydroxyl groups is 1. The molecule has 0 fully saturated rings. The van der Waals surface area contributed by atoms with Gasteiger partial charge in [-0.25, -0.2) is 0 Å². The molecule has 1 N–H and O–H groups in total. The summed E-state index contributed by atoms with van der Waals surface area (Å²) >= 11 is 5.94. The Balaban J connectivity index is 2.84. The summed E-state index contributed by atoms with van der Waals surface area (Å²) in [6.45, 7) is 0.0133. The third-order valence-corrected chi connectivity index (χ3v) is 2.29. The predicted molar refractivity (Wildman–Crippen MR) is 52.7 cm³/mol. The third-order valence-electron chi connectivity index (χ3n) is 1.98. The molecule has 0 unspecified atom stereocenters. The molecule has 2 nitrogen and oxygen atoms in total. The molecule has 66 valence electrons. The number of benzene rings is 1. The SMILES string of the molecule is OCc1ccnc2c(Cl)cccc12. The molecule has 0 bridgehead atoms. The van der Waals surface area contributed by atoms with Gasteiger partial charge in [0, 0.05) is 11.6 Å². The lowest BCUT2D eigenvalue weighted by Crippen LogP contribution is -1.88. The third kappa shape index (κ3) is 1.39. The first kappa shape index (κ1) is 8.48. The van der Waals surface area contributed by atoms with E-state index in [0.717, 1.165) is 16.5 Å². The van der Waals surface area contributed by atoms with Crippen LogP contribution in [0.4, 0.5) is 0 Å². The zero-order valence-electron chi connectivity index (χ0n) is 6.87. The average molecular weight is 194 g/mol. The Morgan fingerprint density at radius 2 is 2.15 bits per heavy atom. The first-order valence-corrected chi connectivity index (χ1v) is 4.33. The number of hydrogen-bond acceptors (Lipinski definition) is 2. The maximum absolute atomic E-state index is 9.06. The zero-order chi connectivity index (χ0) is 9.26. The molecular weight excluding hydrogens is 186 g/mol. The molecule has 0 saturated carbocycles. The monoisotopic (exact) mass is 193 g/mol. The van der Waals surface area contributed by atoms with Gasteiger partial charge in [-0.15, -0.1) is 0 Å². The van der Waals surface area contributed by atoms with E-state index in [1.807, 2.05) is 12.1 Å². The van der Waals surface area contributed by atoms with Crippen LogP contribution in [-0.4, -0.2) is 10.1 Å². The van der Waals surface area contributed by atoms with Crippen molar-refractivity contribution in [3.63, 3.8) is 0 Å². The summed E-state index contributed by atoms with van der Waals surface area (Å²) in [5.74, 6) is 0. The van der Waals surface area contributed by atoms with Crippen molar-refractivity contribution in [1.82, 2.24) is 4.98 Å². The molecule has 1 heterocycles. The Labute approximate surface area is 80.8 Å². The molecule has 3 heteroatoms. The van der Waals surface area contributed by atoms with E-state index in [1.54, 1.807) is 18.3 Å². The van der Waals surface area contributed by atoms with Crippen molar-refractivity contribution in [3.05, 3.63) is 41.0 Å². The van der Waals surface area contributed by atoms with Crippen molar-refractivity contribution in [3.8, 4) is 0 Å². The fourth-order valence-corrected chi connectivity index (χ4v) is 1.56. The van der Waals surface area contributed by atoms with Gasteiger partial charge in [0.25, 0.3) is 0 Å². The Hall–Kier alpha value is -1.12. The van der Waals surface area contributed by atoms with Gasteiger partial charge in [0.05, 0.1) is 17.1 Å². The predicted octanol–water partition coefficient (Wildman–Crippen LogP) is 2.38. The molecule has 0 atom stereocenters. The fourth-order valence-electron chi connectivity index (χ4n) is 1.34. The van der Waals surface area contributed by atoms with Gasteiger partial charge in [-0.3, -0.25) is 4.98 Å². The van der Waals surface area contributed by atoms with E-state index in [4.69, 9.17) is 16.7 Å². The van der Waals surface area contributed by atoms with Gasteiger partial charge in [-0.2, -0.15) is 0 Å². The lowest BCUT2D eigenvalue weighted by atomic mass is 10.1. The number of aliphatic hydroxyl groups excluding tert-OH is 1. The number of para-hydroxylation sites is 1. The van der Waals surface area contributed by atoms with Gasteiger partial charge >= 0.3 is 0 Å². The highest BCUT2D eigenvalue weighted by molar-refractivity contribution is 6.35. The van der Waals surface area contributed by atoms with Crippen LogP contribution in [0.3, 0.4) is 0 Å². The van der Waals surface area contributed by atoms with Crippen molar-refractivity contribution in [2.24, 2.45) is 0 Å². The van der Waals surface area contributed by atoms with E-state index in [9.17, 15) is 0 Å². The Kier molecular flexibility index (Phi) is 2.17. The fraction of sp³-hybridized carbons (Fsp3) is 0.100. The van der Waals surface area contributed by atoms with Crippen LogP contribution in [0, 0.1) is 0 Å². The largest absolute Gasteiger partial charge is 0.392 e. The van der Waals surface area contributed by atoms with Crippen LogP contribution in [-0.2, 0) is 6.61 Å². The summed E-state index contributed by atoms with van der Waals surface area (Å²) in [6, 6.07) is 7.34. The molecule has 0 spiro atoms. The first-order valence-electron chi connectivity index (χ1n) is 3.96. The van der Waals surface area contributed by atoms with Gasteiger partial charge in [0.1, 0.15) is 0 Å². The number of halogens is 1. The van der Waals surface area contributed by atoms with Crippen LogP contribution in [0.25, 0.3) is 10.9 Å². The van der Waals surface area contributed by atoms with Gasteiger partial charge in [-0.1, -0.05) is 23.7 Å².